The summed E-state index contributed by atoms with van der Waals surface area (Å²) in [7, 11) is -2.21. The molecule has 3 aromatic carbocycles. The highest BCUT2D eigenvalue weighted by molar-refractivity contribution is 7.89. The number of hydrogen-bond donors (Lipinski definition) is 1. The predicted molar refractivity (Wildman–Crippen MR) is 135 cm³/mol. The van der Waals surface area contributed by atoms with Crippen LogP contribution in [-0.4, -0.2) is 21.7 Å². The highest BCUT2D eigenvalue weighted by atomic mass is 35.5. The highest BCUT2D eigenvalue weighted by Crippen LogP contribution is 2.44. The maximum atomic E-state index is 12.1. The van der Waals surface area contributed by atoms with Crippen LogP contribution in [0, 0.1) is 0 Å². The summed E-state index contributed by atoms with van der Waals surface area (Å²) in [4.78, 5) is 4.71. The first-order chi connectivity index (χ1) is 15.8. The van der Waals surface area contributed by atoms with E-state index >= 15 is 0 Å². The summed E-state index contributed by atoms with van der Waals surface area (Å²) in [6.45, 7) is 2.10. The molecular formula is C25H22Cl2N2O3S. The van der Waals surface area contributed by atoms with E-state index in [1.165, 1.54) is 24.8 Å². The van der Waals surface area contributed by atoms with Gasteiger partial charge in [0.05, 0.1) is 15.6 Å². The molecule has 0 saturated heterocycles. The lowest BCUT2D eigenvalue weighted by Crippen LogP contribution is -2.18. The number of fused-ring (bicyclic) bond motifs is 1. The van der Waals surface area contributed by atoms with Gasteiger partial charge in [0, 0.05) is 34.9 Å². The molecule has 0 aromatic heterocycles. The van der Waals surface area contributed by atoms with Gasteiger partial charge in [-0.3, -0.25) is 4.99 Å². The molecule has 0 aliphatic carbocycles. The van der Waals surface area contributed by atoms with E-state index in [4.69, 9.17) is 27.9 Å². The van der Waals surface area contributed by atoms with Crippen molar-refractivity contribution in [1.29, 1.82) is 0 Å². The first-order valence-corrected chi connectivity index (χ1v) is 12.6. The van der Waals surface area contributed by atoms with Crippen LogP contribution < -0.4 is 9.46 Å². The van der Waals surface area contributed by atoms with Gasteiger partial charge in [0.15, 0.2) is 0 Å². The van der Waals surface area contributed by atoms with E-state index < -0.39 is 10.0 Å². The molecule has 0 radical (unpaired) electrons. The minimum absolute atomic E-state index is 0.122. The summed E-state index contributed by atoms with van der Waals surface area (Å²) in [5, 5.41) is 1.15. The van der Waals surface area contributed by atoms with Crippen molar-refractivity contribution >= 4 is 50.7 Å². The van der Waals surface area contributed by atoms with Gasteiger partial charge >= 0.3 is 0 Å². The third kappa shape index (κ3) is 4.84. The van der Waals surface area contributed by atoms with Crippen LogP contribution in [-0.2, 0) is 10.0 Å². The molecular weight excluding hydrogens is 479 g/mol. The lowest BCUT2D eigenvalue weighted by atomic mass is 9.90. The number of allylic oxidation sites excluding steroid dienone is 1. The number of nitrogens with zero attached hydrogens (tertiary/aromatic N) is 1. The van der Waals surface area contributed by atoms with Gasteiger partial charge in [-0.05, 0) is 55.4 Å². The van der Waals surface area contributed by atoms with Gasteiger partial charge in [0.2, 0.25) is 10.0 Å². The molecule has 1 aliphatic heterocycles. The first kappa shape index (κ1) is 23.5. The van der Waals surface area contributed by atoms with E-state index in [-0.39, 0.29) is 4.90 Å². The molecule has 0 unspecified atom stereocenters. The molecule has 0 amide bonds. The summed E-state index contributed by atoms with van der Waals surface area (Å²) in [6.07, 6.45) is 3.37. The Bertz CT molecular complexity index is 1380. The summed E-state index contributed by atoms with van der Waals surface area (Å²) < 4.78 is 32.6. The fourth-order valence-electron chi connectivity index (χ4n) is 3.76. The summed E-state index contributed by atoms with van der Waals surface area (Å²) in [5.41, 5.74) is 4.59. The third-order valence-corrected chi connectivity index (χ3v) is 7.47. The van der Waals surface area contributed by atoms with Crippen LogP contribution >= 0.6 is 23.2 Å². The maximum Gasteiger partial charge on any atom is 0.240 e. The van der Waals surface area contributed by atoms with Crippen molar-refractivity contribution in [3.63, 3.8) is 0 Å². The number of aliphatic imine (C=N–C) groups is 1. The number of sulfonamides is 1. The Hall–Kier alpha value is -2.64. The van der Waals surface area contributed by atoms with Crippen molar-refractivity contribution in [3.8, 4) is 11.5 Å². The Kier molecular flexibility index (Phi) is 6.91. The fourth-order valence-corrected chi connectivity index (χ4v) is 4.96. The second-order valence-corrected chi connectivity index (χ2v) is 10.1. The topological polar surface area (TPSA) is 67.8 Å². The number of hydrogen-bond acceptors (Lipinski definition) is 4. The van der Waals surface area contributed by atoms with Crippen LogP contribution in [0.5, 0.6) is 11.5 Å². The Morgan fingerprint density at radius 2 is 1.73 bits per heavy atom. The van der Waals surface area contributed by atoms with Gasteiger partial charge in [-0.1, -0.05) is 53.9 Å². The molecule has 4 rings (SSSR count). The number of para-hydroxylation sites is 1. The Balaban J connectivity index is 1.80. The van der Waals surface area contributed by atoms with Gasteiger partial charge in [0.1, 0.15) is 11.5 Å². The molecule has 0 spiro atoms. The van der Waals surface area contributed by atoms with Gasteiger partial charge < -0.3 is 4.74 Å². The third-order valence-electron chi connectivity index (χ3n) is 5.42. The minimum atomic E-state index is -3.58. The van der Waals surface area contributed by atoms with E-state index in [2.05, 4.69) is 16.6 Å². The maximum absolute atomic E-state index is 12.1. The molecule has 5 nitrogen and oxygen atoms in total. The monoisotopic (exact) mass is 500 g/mol. The molecule has 1 N–H and O–H groups in total. The summed E-state index contributed by atoms with van der Waals surface area (Å²) >= 11 is 13.1. The Morgan fingerprint density at radius 3 is 2.48 bits per heavy atom. The van der Waals surface area contributed by atoms with Crippen LogP contribution in [0.4, 0.5) is 5.69 Å². The number of nitrogens with one attached hydrogen (secondary N) is 1. The molecule has 1 heterocycles. The van der Waals surface area contributed by atoms with Crippen molar-refractivity contribution in [2.24, 2.45) is 4.99 Å². The zero-order valence-electron chi connectivity index (χ0n) is 18.1. The first-order valence-electron chi connectivity index (χ1n) is 10.4. The molecule has 0 fully saturated rings. The predicted octanol–water partition coefficient (Wildman–Crippen LogP) is 7.01. The van der Waals surface area contributed by atoms with Crippen molar-refractivity contribution in [2.75, 3.05) is 7.05 Å². The van der Waals surface area contributed by atoms with E-state index in [1.807, 2.05) is 30.5 Å². The quantitative estimate of drug-likeness (QED) is 0.395. The SMILES string of the molecule is CCC1=C(c2cc(Oc3cccc(S(=O)(=O)NC)c3)ccc2Cl)c2cccc(Cl)c2N=CC1. The fraction of sp³-hybridized carbons (Fsp3) is 0.160. The zero-order valence-corrected chi connectivity index (χ0v) is 20.4. The standard InChI is InChI=1S/C25H22Cl2N2O3S/c1-3-16-12-13-29-25-20(8-5-9-23(25)27)24(16)21-15-18(10-11-22(21)26)32-17-6-4-7-19(14-17)33(30,31)28-2/h4-11,13-15,28H,3,12H2,1-2H3. The average molecular weight is 501 g/mol. The number of rotatable bonds is 6. The summed E-state index contributed by atoms with van der Waals surface area (Å²) in [6, 6.07) is 17.4. The van der Waals surface area contributed by atoms with Crippen LogP contribution in [0.3, 0.4) is 0 Å². The Morgan fingerprint density at radius 1 is 0.970 bits per heavy atom. The lowest BCUT2D eigenvalue weighted by Gasteiger charge is -2.17. The van der Waals surface area contributed by atoms with Crippen LogP contribution in [0.2, 0.25) is 10.0 Å². The second-order valence-electron chi connectivity index (χ2n) is 7.41. The molecule has 170 valence electrons. The van der Waals surface area contributed by atoms with Gasteiger partial charge in [0.25, 0.3) is 0 Å². The highest BCUT2D eigenvalue weighted by Gasteiger charge is 2.21. The van der Waals surface area contributed by atoms with Crippen molar-refractivity contribution in [3.05, 3.63) is 87.4 Å². The van der Waals surface area contributed by atoms with E-state index in [0.29, 0.717) is 33.7 Å². The van der Waals surface area contributed by atoms with E-state index in [9.17, 15) is 8.42 Å². The molecule has 33 heavy (non-hydrogen) atoms. The molecule has 3 aromatic rings. The van der Waals surface area contributed by atoms with Crippen molar-refractivity contribution in [2.45, 2.75) is 24.7 Å². The average Bonchev–Trinajstić information content (AvgIpc) is 3.00. The van der Waals surface area contributed by atoms with E-state index in [1.54, 1.807) is 24.3 Å². The van der Waals surface area contributed by atoms with Crippen LogP contribution in [0.15, 0.2) is 76.1 Å². The van der Waals surface area contributed by atoms with E-state index in [0.717, 1.165) is 23.1 Å². The molecule has 0 bridgehead atoms. The molecule has 0 atom stereocenters. The minimum Gasteiger partial charge on any atom is -0.457 e. The van der Waals surface area contributed by atoms with Gasteiger partial charge in [-0.15, -0.1) is 0 Å². The van der Waals surface area contributed by atoms with Gasteiger partial charge in [-0.25, -0.2) is 13.1 Å². The Labute approximate surface area is 203 Å². The number of ether oxygens (including phenoxy) is 1. The normalized spacial score (nSPS) is 13.6. The second kappa shape index (κ2) is 9.69. The molecule has 1 aliphatic rings. The number of halogens is 2. The zero-order chi connectivity index (χ0) is 23.6. The number of benzene rings is 3. The van der Waals surface area contributed by atoms with Crippen molar-refractivity contribution in [1.82, 2.24) is 4.72 Å². The lowest BCUT2D eigenvalue weighted by molar-refractivity contribution is 0.480. The van der Waals surface area contributed by atoms with Gasteiger partial charge in [-0.2, -0.15) is 0 Å². The van der Waals surface area contributed by atoms with Crippen molar-refractivity contribution < 1.29 is 13.2 Å². The van der Waals surface area contributed by atoms with Crippen LogP contribution in [0.1, 0.15) is 30.9 Å². The largest absolute Gasteiger partial charge is 0.457 e. The smallest absolute Gasteiger partial charge is 0.240 e. The van der Waals surface area contributed by atoms with Crippen LogP contribution in [0.25, 0.3) is 5.57 Å². The molecule has 8 heteroatoms. The summed E-state index contributed by atoms with van der Waals surface area (Å²) in [5.74, 6) is 0.932. The molecule has 0 saturated carbocycles.